The zero-order valence-electron chi connectivity index (χ0n) is 25.1. The molecule has 2 saturated heterocycles. The van der Waals surface area contributed by atoms with Crippen LogP contribution in [0, 0.1) is 11.2 Å². The highest BCUT2D eigenvalue weighted by Crippen LogP contribution is 2.64. The van der Waals surface area contributed by atoms with Gasteiger partial charge in [0.1, 0.15) is 5.41 Å². The molecule has 0 radical (unpaired) electrons. The predicted octanol–water partition coefficient (Wildman–Crippen LogP) is 4.92. The number of anilines is 1. The summed E-state index contributed by atoms with van der Waals surface area (Å²) >= 11 is 12.6. The number of carbonyl (C=O) groups excluding carboxylic acids is 2. The lowest BCUT2D eigenvalue weighted by Crippen LogP contribution is -2.61. The first-order valence-corrected chi connectivity index (χ1v) is 16.6. The summed E-state index contributed by atoms with van der Waals surface area (Å²) in [5.41, 5.74) is -0.502. The average Bonchev–Trinajstić information content (AvgIpc) is 3.43. The number of likely N-dealkylation sites (tertiary alicyclic amines) is 1. The van der Waals surface area contributed by atoms with Crippen molar-refractivity contribution in [2.24, 2.45) is 5.41 Å². The molecule has 5 aliphatic rings. The third-order valence-electron chi connectivity index (χ3n) is 11.4. The Hall–Kier alpha value is -2.30. The van der Waals surface area contributed by atoms with Crippen LogP contribution in [0.15, 0.2) is 30.5 Å². The number of aliphatic hydroxyl groups is 1. The van der Waals surface area contributed by atoms with E-state index >= 15 is 4.39 Å². The van der Waals surface area contributed by atoms with Crippen molar-refractivity contribution in [3.63, 3.8) is 0 Å². The van der Waals surface area contributed by atoms with Crippen molar-refractivity contribution >= 4 is 40.7 Å². The standard InChI is InChI=1S/C33H40Cl2FN5O3/c1-31(2)10-12-32(13-11-31)33(23-8-3-18(34)15-24(23)39-30(33)44)25(22-9-14-37-28(35)26(22)36)27(40-32)29(43)38-19-4-6-20(7-5-19)41-16-21(42)17-41/h3,8-9,14-15,19-21,25,27,40,42H,4-7,10-13,16-17H2,1-2H3,(H,38,43)(H,39,44)/t19-,20-,25?,27?,33?. The highest BCUT2D eigenvalue weighted by atomic mass is 35.5. The summed E-state index contributed by atoms with van der Waals surface area (Å²) in [6, 6.07) is 6.42. The molecule has 8 nitrogen and oxygen atoms in total. The molecular weight excluding hydrogens is 604 g/mol. The molecule has 236 valence electrons. The molecule has 3 aliphatic heterocycles. The molecule has 2 aromatic rings. The van der Waals surface area contributed by atoms with Crippen LogP contribution in [-0.4, -0.2) is 69.7 Å². The molecule has 1 aromatic carbocycles. The fourth-order valence-electron chi connectivity index (χ4n) is 8.99. The highest BCUT2D eigenvalue weighted by molar-refractivity contribution is 6.31. The number of carbonyl (C=O) groups is 2. The van der Waals surface area contributed by atoms with Gasteiger partial charge >= 0.3 is 0 Å². The summed E-state index contributed by atoms with van der Waals surface area (Å²) in [6.45, 7) is 5.88. The molecule has 2 saturated carbocycles. The van der Waals surface area contributed by atoms with E-state index in [1.165, 1.54) is 6.20 Å². The Morgan fingerprint density at radius 2 is 1.80 bits per heavy atom. The van der Waals surface area contributed by atoms with Crippen LogP contribution < -0.4 is 16.0 Å². The minimum Gasteiger partial charge on any atom is -0.390 e. The van der Waals surface area contributed by atoms with Crippen molar-refractivity contribution in [3.05, 3.63) is 57.6 Å². The number of β-amino-alcohol motifs (C(OH)–C–C–N with tert-alkyl or cyclic N) is 1. The van der Waals surface area contributed by atoms with E-state index in [0.29, 0.717) is 42.7 Å². The fourth-order valence-corrected chi connectivity index (χ4v) is 9.33. The van der Waals surface area contributed by atoms with Crippen LogP contribution in [0.2, 0.25) is 10.2 Å². The Morgan fingerprint density at radius 3 is 2.48 bits per heavy atom. The van der Waals surface area contributed by atoms with Gasteiger partial charge in [0.25, 0.3) is 0 Å². The number of nitrogens with zero attached hydrogens (tertiary/aromatic N) is 2. The van der Waals surface area contributed by atoms with Gasteiger partial charge in [-0.2, -0.15) is 0 Å². The van der Waals surface area contributed by atoms with Crippen LogP contribution in [0.3, 0.4) is 0 Å². The summed E-state index contributed by atoms with van der Waals surface area (Å²) in [6.07, 6.45) is 7.69. The van der Waals surface area contributed by atoms with Gasteiger partial charge in [0.05, 0.1) is 12.1 Å². The van der Waals surface area contributed by atoms with Crippen molar-refractivity contribution in [2.45, 2.75) is 106 Å². The zero-order valence-corrected chi connectivity index (χ0v) is 26.6. The molecule has 2 aliphatic carbocycles. The summed E-state index contributed by atoms with van der Waals surface area (Å²) in [4.78, 5) is 35.3. The van der Waals surface area contributed by atoms with E-state index in [1.54, 1.807) is 18.2 Å². The molecule has 0 bridgehead atoms. The van der Waals surface area contributed by atoms with Crippen LogP contribution in [0.25, 0.3) is 0 Å². The lowest BCUT2D eigenvalue weighted by Gasteiger charge is -2.50. The van der Waals surface area contributed by atoms with Crippen molar-refractivity contribution in [1.82, 2.24) is 20.5 Å². The third-order valence-corrected chi connectivity index (χ3v) is 11.9. The Balaban J connectivity index is 1.29. The van der Waals surface area contributed by atoms with Gasteiger partial charge in [-0.25, -0.2) is 9.37 Å². The van der Waals surface area contributed by atoms with Gasteiger partial charge in [0.2, 0.25) is 11.8 Å². The van der Waals surface area contributed by atoms with Gasteiger partial charge in [0, 0.05) is 53.5 Å². The number of hydrogen-bond acceptors (Lipinski definition) is 6. The Morgan fingerprint density at radius 1 is 1.09 bits per heavy atom. The fraction of sp³-hybridized carbons (Fsp3) is 0.606. The van der Waals surface area contributed by atoms with E-state index in [-0.39, 0.29) is 40.1 Å². The number of aliphatic hydroxyl groups excluding tert-OH is 1. The van der Waals surface area contributed by atoms with Gasteiger partial charge in [0.15, 0.2) is 11.0 Å². The van der Waals surface area contributed by atoms with Crippen molar-refractivity contribution in [1.29, 1.82) is 0 Å². The molecule has 4 fully saturated rings. The largest absolute Gasteiger partial charge is 0.390 e. The molecule has 44 heavy (non-hydrogen) atoms. The van der Waals surface area contributed by atoms with Crippen LogP contribution in [0.1, 0.15) is 82.3 Å². The van der Waals surface area contributed by atoms with Gasteiger partial charge < -0.3 is 15.7 Å². The van der Waals surface area contributed by atoms with Crippen molar-refractivity contribution < 1.29 is 19.1 Å². The van der Waals surface area contributed by atoms with Crippen LogP contribution >= 0.6 is 23.2 Å². The van der Waals surface area contributed by atoms with E-state index in [1.807, 2.05) is 6.07 Å². The Kier molecular flexibility index (Phi) is 7.52. The summed E-state index contributed by atoms with van der Waals surface area (Å²) in [5.74, 6) is -2.09. The number of amides is 2. The monoisotopic (exact) mass is 643 g/mol. The number of fused-ring (bicyclic) bond motifs is 3. The number of rotatable bonds is 4. The smallest absolute Gasteiger partial charge is 0.238 e. The summed E-state index contributed by atoms with van der Waals surface area (Å²) in [5, 5.41) is 20.0. The van der Waals surface area contributed by atoms with E-state index in [2.05, 4.69) is 39.7 Å². The SMILES string of the molecule is CC1(C)CCC2(CC1)NC(C(=O)N[C@H]1CC[C@H](N3CC(O)C3)CC1)C(c1ccnc(Cl)c1F)C21C(=O)Nc2cc(Cl)ccc21. The van der Waals surface area contributed by atoms with Gasteiger partial charge in [-0.1, -0.05) is 43.1 Å². The van der Waals surface area contributed by atoms with E-state index < -0.39 is 28.7 Å². The van der Waals surface area contributed by atoms with E-state index in [9.17, 15) is 14.7 Å². The van der Waals surface area contributed by atoms with Gasteiger partial charge in [-0.05, 0) is 86.1 Å². The van der Waals surface area contributed by atoms with E-state index in [4.69, 9.17) is 23.2 Å². The number of hydrogen-bond donors (Lipinski definition) is 4. The molecule has 3 atom stereocenters. The molecule has 11 heteroatoms. The lowest BCUT2D eigenvalue weighted by molar-refractivity contribution is -0.125. The average molecular weight is 645 g/mol. The normalized spacial score (nSPS) is 32.8. The topological polar surface area (TPSA) is 107 Å². The second-order valence-electron chi connectivity index (χ2n) is 14.4. The van der Waals surface area contributed by atoms with Gasteiger partial charge in [-0.15, -0.1) is 0 Å². The lowest BCUT2D eigenvalue weighted by atomic mass is 9.53. The quantitative estimate of drug-likeness (QED) is 0.353. The van der Waals surface area contributed by atoms with Crippen molar-refractivity contribution in [2.75, 3.05) is 18.4 Å². The van der Waals surface area contributed by atoms with Crippen molar-refractivity contribution in [3.8, 4) is 0 Å². The van der Waals surface area contributed by atoms with E-state index in [0.717, 1.165) is 44.1 Å². The molecule has 2 amide bonds. The predicted molar refractivity (Wildman–Crippen MR) is 167 cm³/mol. The molecule has 3 unspecified atom stereocenters. The maximum Gasteiger partial charge on any atom is 0.238 e. The molecule has 2 spiro atoms. The number of halogens is 3. The maximum atomic E-state index is 16.1. The number of pyridine rings is 1. The number of aromatic nitrogens is 1. The number of nitrogens with one attached hydrogen (secondary N) is 3. The Labute approximate surface area is 267 Å². The molecule has 7 rings (SSSR count). The second-order valence-corrected chi connectivity index (χ2v) is 15.2. The number of benzene rings is 1. The van der Waals surface area contributed by atoms with Gasteiger partial charge in [-0.3, -0.25) is 19.8 Å². The second kappa shape index (κ2) is 10.9. The minimum absolute atomic E-state index is 0.0282. The zero-order chi connectivity index (χ0) is 31.0. The first kappa shape index (κ1) is 30.4. The van der Waals surface area contributed by atoms with Crippen LogP contribution in [0.4, 0.5) is 10.1 Å². The minimum atomic E-state index is -1.28. The first-order valence-electron chi connectivity index (χ1n) is 15.9. The third kappa shape index (κ3) is 4.68. The Bertz CT molecular complexity index is 1480. The molecular formula is C33H40Cl2FN5O3. The summed E-state index contributed by atoms with van der Waals surface area (Å²) in [7, 11) is 0. The first-order chi connectivity index (χ1) is 20.9. The molecule has 1 aromatic heterocycles. The molecule has 4 heterocycles. The van der Waals surface area contributed by atoms with Crippen LogP contribution in [-0.2, 0) is 15.0 Å². The summed E-state index contributed by atoms with van der Waals surface area (Å²) < 4.78 is 16.1. The van der Waals surface area contributed by atoms with Crippen LogP contribution in [0.5, 0.6) is 0 Å². The maximum absolute atomic E-state index is 16.1. The highest BCUT2D eigenvalue weighted by Gasteiger charge is 2.73. The molecule has 4 N–H and O–H groups in total.